The summed E-state index contributed by atoms with van der Waals surface area (Å²) in [4.78, 5) is 0. The van der Waals surface area contributed by atoms with Gasteiger partial charge < -0.3 is 5.32 Å². The van der Waals surface area contributed by atoms with Crippen LogP contribution in [-0.2, 0) is 7.05 Å². The summed E-state index contributed by atoms with van der Waals surface area (Å²) in [5.41, 5.74) is 5.35. The summed E-state index contributed by atoms with van der Waals surface area (Å²) in [5, 5.41) is 15.8. The van der Waals surface area contributed by atoms with Crippen LogP contribution in [0.4, 0.5) is 0 Å². The fraction of sp³-hybridized carbons (Fsp3) is 0.500. The topological polar surface area (TPSA) is 55.6 Å². The lowest BCUT2D eigenvalue weighted by molar-refractivity contribution is 0.644. The predicted molar refractivity (Wildman–Crippen MR) is 82.0 cm³/mol. The Balaban J connectivity index is 2.18. The largest absolute Gasteiger partial charge is 0.312 e. The Kier molecular flexibility index (Phi) is 4.77. The molecule has 1 aromatic carbocycles. The van der Waals surface area contributed by atoms with Crippen LogP contribution in [0.1, 0.15) is 28.3 Å². The fourth-order valence-electron chi connectivity index (χ4n) is 2.55. The highest BCUT2D eigenvalue weighted by Crippen LogP contribution is 2.28. The fourth-order valence-corrected chi connectivity index (χ4v) is 3.52. The third kappa shape index (κ3) is 3.19. The summed E-state index contributed by atoms with van der Waals surface area (Å²) in [6.07, 6.45) is 0. The van der Waals surface area contributed by atoms with Gasteiger partial charge in [-0.2, -0.15) is 0 Å². The minimum absolute atomic E-state index is 0.289. The summed E-state index contributed by atoms with van der Waals surface area (Å²) in [7, 11) is 3.86. The maximum atomic E-state index is 4.01. The molecule has 0 radical (unpaired) electrons. The molecule has 0 aliphatic rings. The Labute approximate surface area is 124 Å². The molecule has 0 bridgehead atoms. The molecule has 0 fully saturated rings. The Bertz CT molecular complexity index is 570. The standard InChI is InChI=1S/C14H21N5S/c1-9-6-10(2)13(11(3)7-9)12(15-4)8-20-14-16-17-18-19(14)5/h6-7,12,15H,8H2,1-5H3. The number of hydrogen-bond acceptors (Lipinski definition) is 5. The number of aryl methyl sites for hydroxylation is 4. The molecule has 1 aromatic heterocycles. The Morgan fingerprint density at radius 2 is 1.90 bits per heavy atom. The quantitative estimate of drug-likeness (QED) is 0.856. The molecule has 108 valence electrons. The second-order valence-corrected chi connectivity index (χ2v) is 6.04. The molecule has 1 N–H and O–H groups in total. The first-order chi connectivity index (χ1) is 9.52. The van der Waals surface area contributed by atoms with Gasteiger partial charge in [0.05, 0.1) is 0 Å². The van der Waals surface area contributed by atoms with Crippen LogP contribution < -0.4 is 5.32 Å². The SMILES string of the molecule is CNC(CSc1nnnn1C)c1c(C)cc(C)cc1C. The molecule has 2 rings (SSSR count). The molecule has 1 unspecified atom stereocenters. The molecule has 0 saturated heterocycles. The first-order valence-corrected chi connectivity index (χ1v) is 7.61. The van der Waals surface area contributed by atoms with Crippen LogP contribution >= 0.6 is 11.8 Å². The Morgan fingerprint density at radius 1 is 1.25 bits per heavy atom. The first kappa shape index (κ1) is 15.0. The monoisotopic (exact) mass is 291 g/mol. The van der Waals surface area contributed by atoms with Gasteiger partial charge in [0.15, 0.2) is 0 Å². The van der Waals surface area contributed by atoms with Crippen molar-refractivity contribution in [1.82, 2.24) is 25.5 Å². The number of aromatic nitrogens is 4. The molecule has 1 heterocycles. The lowest BCUT2D eigenvalue weighted by atomic mass is 9.95. The van der Waals surface area contributed by atoms with E-state index in [1.165, 1.54) is 22.3 Å². The smallest absolute Gasteiger partial charge is 0.209 e. The summed E-state index contributed by atoms with van der Waals surface area (Å²) in [6.45, 7) is 6.49. The van der Waals surface area contributed by atoms with E-state index in [4.69, 9.17) is 0 Å². The molecule has 5 nitrogen and oxygen atoms in total. The highest BCUT2D eigenvalue weighted by molar-refractivity contribution is 7.99. The highest BCUT2D eigenvalue weighted by atomic mass is 32.2. The molecule has 2 aromatic rings. The summed E-state index contributed by atoms with van der Waals surface area (Å²) >= 11 is 1.67. The van der Waals surface area contributed by atoms with E-state index in [0.29, 0.717) is 0 Å². The molecule has 20 heavy (non-hydrogen) atoms. The van der Waals surface area contributed by atoms with Gasteiger partial charge in [-0.15, -0.1) is 5.10 Å². The van der Waals surface area contributed by atoms with Gasteiger partial charge in [0.1, 0.15) is 0 Å². The van der Waals surface area contributed by atoms with E-state index in [1.807, 2.05) is 14.1 Å². The van der Waals surface area contributed by atoms with Crippen LogP contribution in [0.2, 0.25) is 0 Å². The van der Waals surface area contributed by atoms with Crippen LogP contribution in [0.25, 0.3) is 0 Å². The highest BCUT2D eigenvalue weighted by Gasteiger charge is 2.16. The second-order valence-electron chi connectivity index (χ2n) is 5.05. The number of benzene rings is 1. The zero-order valence-corrected chi connectivity index (χ0v) is 13.5. The molecule has 1 atom stereocenters. The minimum Gasteiger partial charge on any atom is -0.312 e. The number of nitrogens with zero attached hydrogens (tertiary/aromatic N) is 4. The zero-order valence-electron chi connectivity index (χ0n) is 12.6. The first-order valence-electron chi connectivity index (χ1n) is 6.63. The van der Waals surface area contributed by atoms with Crippen molar-refractivity contribution in [1.29, 1.82) is 0 Å². The lowest BCUT2D eigenvalue weighted by Gasteiger charge is -2.21. The van der Waals surface area contributed by atoms with Gasteiger partial charge in [-0.05, 0) is 54.9 Å². The number of hydrogen-bond donors (Lipinski definition) is 1. The third-order valence-electron chi connectivity index (χ3n) is 3.40. The summed E-state index contributed by atoms with van der Waals surface area (Å²) in [6, 6.07) is 4.76. The predicted octanol–water partition coefficient (Wildman–Crippen LogP) is 2.19. The molecular formula is C14H21N5S. The van der Waals surface area contributed by atoms with Crippen molar-refractivity contribution in [2.45, 2.75) is 32.0 Å². The average Bonchev–Trinajstić information content (AvgIpc) is 2.78. The van der Waals surface area contributed by atoms with Gasteiger partial charge in [-0.25, -0.2) is 4.68 Å². The van der Waals surface area contributed by atoms with E-state index in [9.17, 15) is 0 Å². The Hall–Kier alpha value is -1.40. The number of nitrogens with one attached hydrogen (secondary N) is 1. The van der Waals surface area contributed by atoms with Crippen molar-refractivity contribution in [3.63, 3.8) is 0 Å². The van der Waals surface area contributed by atoms with Crippen LogP contribution in [0.5, 0.6) is 0 Å². The van der Waals surface area contributed by atoms with Crippen molar-refractivity contribution in [2.75, 3.05) is 12.8 Å². The number of rotatable bonds is 5. The number of thioether (sulfide) groups is 1. The van der Waals surface area contributed by atoms with Gasteiger partial charge in [0, 0.05) is 18.8 Å². The van der Waals surface area contributed by atoms with E-state index >= 15 is 0 Å². The zero-order chi connectivity index (χ0) is 14.7. The van der Waals surface area contributed by atoms with Gasteiger partial charge in [-0.3, -0.25) is 0 Å². The second kappa shape index (κ2) is 6.37. The van der Waals surface area contributed by atoms with Crippen molar-refractivity contribution < 1.29 is 0 Å². The van der Waals surface area contributed by atoms with Crippen molar-refractivity contribution in [3.05, 3.63) is 34.4 Å². The van der Waals surface area contributed by atoms with E-state index in [-0.39, 0.29) is 6.04 Å². The molecule has 0 amide bonds. The summed E-state index contributed by atoms with van der Waals surface area (Å²) < 4.78 is 1.70. The summed E-state index contributed by atoms with van der Waals surface area (Å²) in [5.74, 6) is 0.898. The van der Waals surface area contributed by atoms with Crippen LogP contribution in [-0.4, -0.2) is 33.0 Å². The molecule has 0 aliphatic heterocycles. The molecular weight excluding hydrogens is 270 g/mol. The lowest BCUT2D eigenvalue weighted by Crippen LogP contribution is -2.21. The molecule has 0 saturated carbocycles. The third-order valence-corrected chi connectivity index (χ3v) is 4.50. The molecule has 0 aliphatic carbocycles. The van der Waals surface area contributed by atoms with E-state index in [2.05, 4.69) is 53.7 Å². The van der Waals surface area contributed by atoms with Crippen molar-refractivity contribution in [2.24, 2.45) is 7.05 Å². The van der Waals surface area contributed by atoms with Crippen molar-refractivity contribution >= 4 is 11.8 Å². The minimum atomic E-state index is 0.289. The maximum absolute atomic E-state index is 4.01. The van der Waals surface area contributed by atoms with Crippen molar-refractivity contribution in [3.8, 4) is 0 Å². The Morgan fingerprint density at radius 3 is 2.40 bits per heavy atom. The van der Waals surface area contributed by atoms with Gasteiger partial charge in [-0.1, -0.05) is 29.5 Å². The molecule has 6 heteroatoms. The van der Waals surface area contributed by atoms with E-state index in [0.717, 1.165) is 10.9 Å². The normalized spacial score (nSPS) is 12.7. The van der Waals surface area contributed by atoms with Crippen LogP contribution in [0, 0.1) is 20.8 Å². The van der Waals surface area contributed by atoms with Gasteiger partial charge in [0.2, 0.25) is 5.16 Å². The maximum Gasteiger partial charge on any atom is 0.209 e. The van der Waals surface area contributed by atoms with Gasteiger partial charge >= 0.3 is 0 Å². The van der Waals surface area contributed by atoms with Gasteiger partial charge in [0.25, 0.3) is 0 Å². The average molecular weight is 291 g/mol. The van der Waals surface area contributed by atoms with E-state index in [1.54, 1.807) is 16.4 Å². The van der Waals surface area contributed by atoms with Crippen LogP contribution in [0.3, 0.4) is 0 Å². The molecule has 0 spiro atoms. The van der Waals surface area contributed by atoms with E-state index < -0.39 is 0 Å². The van der Waals surface area contributed by atoms with Crippen LogP contribution in [0.15, 0.2) is 17.3 Å². The number of tetrazole rings is 1.